The number of rotatable bonds is 4. The molecule has 2 heterocycles. The van der Waals surface area contributed by atoms with E-state index in [-0.39, 0.29) is 11.7 Å². The van der Waals surface area contributed by atoms with E-state index in [4.69, 9.17) is 0 Å². The van der Waals surface area contributed by atoms with Crippen molar-refractivity contribution in [3.8, 4) is 0 Å². The molecule has 1 amide bonds. The SMILES string of the molecule is Cc1[nH]c2c(C(=O)N[C@@H](c3ccc(F)cc3)c3nccn3C)cccc2c1C. The van der Waals surface area contributed by atoms with E-state index in [1.165, 1.54) is 12.1 Å². The monoisotopic (exact) mass is 376 g/mol. The van der Waals surface area contributed by atoms with E-state index in [1.54, 1.807) is 24.4 Å². The molecule has 0 saturated carbocycles. The smallest absolute Gasteiger partial charge is 0.254 e. The topological polar surface area (TPSA) is 62.7 Å². The largest absolute Gasteiger partial charge is 0.358 e. The number of carbonyl (C=O) groups excluding carboxylic acids is 1. The minimum absolute atomic E-state index is 0.218. The molecule has 0 aliphatic heterocycles. The highest BCUT2D eigenvalue weighted by molar-refractivity contribution is 6.06. The molecule has 142 valence electrons. The van der Waals surface area contributed by atoms with Gasteiger partial charge in [0, 0.05) is 30.5 Å². The average Bonchev–Trinajstić information content (AvgIpc) is 3.23. The van der Waals surface area contributed by atoms with E-state index in [0.717, 1.165) is 27.7 Å². The molecule has 0 bridgehead atoms. The molecule has 2 aromatic heterocycles. The molecule has 4 rings (SSSR count). The zero-order valence-corrected chi connectivity index (χ0v) is 16.0. The number of amides is 1. The second-order valence-electron chi connectivity index (χ2n) is 6.96. The zero-order valence-electron chi connectivity index (χ0n) is 16.0. The maximum Gasteiger partial charge on any atom is 0.254 e. The van der Waals surface area contributed by atoms with Crippen molar-refractivity contribution in [1.82, 2.24) is 19.9 Å². The summed E-state index contributed by atoms with van der Waals surface area (Å²) in [5, 5.41) is 4.10. The van der Waals surface area contributed by atoms with Gasteiger partial charge in [0.15, 0.2) is 0 Å². The number of nitrogens with zero attached hydrogens (tertiary/aromatic N) is 2. The Labute approximate surface area is 162 Å². The fraction of sp³-hybridized carbons (Fsp3) is 0.182. The standard InChI is InChI=1S/C22H21FN4O/c1-13-14(2)25-20-17(13)5-4-6-18(20)22(28)26-19(21-24-11-12-27(21)3)15-7-9-16(23)10-8-15/h4-12,19,25H,1-3H3,(H,26,28)/t19-/m0/s1. The molecular weight excluding hydrogens is 355 g/mol. The molecule has 0 saturated heterocycles. The van der Waals surface area contributed by atoms with Gasteiger partial charge in [-0.15, -0.1) is 0 Å². The van der Waals surface area contributed by atoms with Crippen molar-refractivity contribution in [2.75, 3.05) is 0 Å². The Morgan fingerprint density at radius 1 is 1.18 bits per heavy atom. The first-order valence-electron chi connectivity index (χ1n) is 9.07. The van der Waals surface area contributed by atoms with Gasteiger partial charge in [-0.1, -0.05) is 24.3 Å². The highest BCUT2D eigenvalue weighted by Gasteiger charge is 2.23. The summed E-state index contributed by atoms with van der Waals surface area (Å²) < 4.78 is 15.2. The number of nitrogens with one attached hydrogen (secondary N) is 2. The van der Waals surface area contributed by atoms with Crippen LogP contribution in [-0.4, -0.2) is 20.4 Å². The lowest BCUT2D eigenvalue weighted by molar-refractivity contribution is 0.0942. The number of benzene rings is 2. The maximum atomic E-state index is 13.4. The molecular formula is C22H21FN4O. The molecule has 1 atom stereocenters. The Kier molecular flexibility index (Phi) is 4.47. The number of hydrogen-bond acceptors (Lipinski definition) is 2. The molecule has 0 unspecified atom stereocenters. The van der Waals surface area contributed by atoms with Crippen LogP contribution in [0.1, 0.15) is 39.0 Å². The van der Waals surface area contributed by atoms with Crippen LogP contribution in [-0.2, 0) is 7.05 Å². The minimum atomic E-state index is -0.500. The van der Waals surface area contributed by atoms with E-state index < -0.39 is 6.04 Å². The van der Waals surface area contributed by atoms with Crippen molar-refractivity contribution in [1.29, 1.82) is 0 Å². The number of imidazole rings is 1. The third-order valence-corrected chi connectivity index (χ3v) is 5.18. The molecule has 2 N–H and O–H groups in total. The van der Waals surface area contributed by atoms with E-state index >= 15 is 0 Å². The Balaban J connectivity index is 1.75. The molecule has 6 heteroatoms. The Bertz CT molecular complexity index is 1160. The van der Waals surface area contributed by atoms with Crippen molar-refractivity contribution in [3.63, 3.8) is 0 Å². The summed E-state index contributed by atoms with van der Waals surface area (Å²) in [6, 6.07) is 11.3. The molecule has 4 aromatic rings. The van der Waals surface area contributed by atoms with Crippen LogP contribution in [0.5, 0.6) is 0 Å². The zero-order chi connectivity index (χ0) is 19.8. The second-order valence-corrected chi connectivity index (χ2v) is 6.96. The summed E-state index contributed by atoms with van der Waals surface area (Å²) in [6.07, 6.45) is 3.49. The molecule has 0 aliphatic rings. The van der Waals surface area contributed by atoms with Gasteiger partial charge in [0.2, 0.25) is 0 Å². The highest BCUT2D eigenvalue weighted by atomic mass is 19.1. The summed E-state index contributed by atoms with van der Waals surface area (Å²) in [7, 11) is 1.86. The quantitative estimate of drug-likeness (QED) is 0.561. The number of aromatic nitrogens is 3. The van der Waals surface area contributed by atoms with Crippen LogP contribution < -0.4 is 5.32 Å². The third kappa shape index (κ3) is 3.07. The van der Waals surface area contributed by atoms with Crippen molar-refractivity contribution in [2.45, 2.75) is 19.9 Å². The average molecular weight is 376 g/mol. The van der Waals surface area contributed by atoms with Gasteiger partial charge < -0.3 is 14.9 Å². The lowest BCUT2D eigenvalue weighted by Crippen LogP contribution is -2.31. The van der Waals surface area contributed by atoms with Crippen molar-refractivity contribution in [3.05, 3.63) is 88.9 Å². The van der Waals surface area contributed by atoms with Gasteiger partial charge in [-0.25, -0.2) is 9.37 Å². The lowest BCUT2D eigenvalue weighted by atomic mass is 10.0. The Morgan fingerprint density at radius 3 is 2.61 bits per heavy atom. The molecule has 0 fully saturated rings. The Morgan fingerprint density at radius 2 is 1.93 bits per heavy atom. The minimum Gasteiger partial charge on any atom is -0.358 e. The number of halogens is 1. The lowest BCUT2D eigenvalue weighted by Gasteiger charge is -2.19. The van der Waals surface area contributed by atoms with Gasteiger partial charge in [-0.2, -0.15) is 0 Å². The maximum absolute atomic E-state index is 13.4. The third-order valence-electron chi connectivity index (χ3n) is 5.18. The molecule has 5 nitrogen and oxygen atoms in total. The number of para-hydroxylation sites is 1. The first kappa shape index (κ1) is 18.0. The fourth-order valence-corrected chi connectivity index (χ4v) is 3.49. The number of H-pyrrole nitrogens is 1. The van der Waals surface area contributed by atoms with Gasteiger partial charge in [-0.3, -0.25) is 4.79 Å². The van der Waals surface area contributed by atoms with Crippen LogP contribution in [0.4, 0.5) is 4.39 Å². The molecule has 0 aliphatic carbocycles. The van der Waals surface area contributed by atoms with E-state index in [0.29, 0.717) is 11.4 Å². The first-order valence-corrected chi connectivity index (χ1v) is 9.07. The van der Waals surface area contributed by atoms with Gasteiger partial charge in [0.05, 0.1) is 11.1 Å². The van der Waals surface area contributed by atoms with E-state index in [1.807, 2.05) is 43.8 Å². The van der Waals surface area contributed by atoms with Crippen LogP contribution in [0.15, 0.2) is 54.9 Å². The predicted octanol–water partition coefficient (Wildman–Crippen LogP) is 4.18. The number of fused-ring (bicyclic) bond motifs is 1. The number of hydrogen-bond donors (Lipinski definition) is 2. The number of aromatic amines is 1. The van der Waals surface area contributed by atoms with E-state index in [9.17, 15) is 9.18 Å². The van der Waals surface area contributed by atoms with Crippen molar-refractivity contribution < 1.29 is 9.18 Å². The molecule has 2 aromatic carbocycles. The van der Waals surface area contributed by atoms with Crippen LogP contribution in [0.2, 0.25) is 0 Å². The van der Waals surface area contributed by atoms with Crippen molar-refractivity contribution in [2.24, 2.45) is 7.05 Å². The van der Waals surface area contributed by atoms with Gasteiger partial charge in [-0.05, 0) is 43.2 Å². The summed E-state index contributed by atoms with van der Waals surface area (Å²) >= 11 is 0. The highest BCUT2D eigenvalue weighted by Crippen LogP contribution is 2.26. The van der Waals surface area contributed by atoms with Crippen LogP contribution in [0.3, 0.4) is 0 Å². The second kappa shape index (κ2) is 6.96. The summed E-state index contributed by atoms with van der Waals surface area (Å²) in [5.74, 6) is 0.130. The van der Waals surface area contributed by atoms with Crippen molar-refractivity contribution >= 4 is 16.8 Å². The predicted molar refractivity (Wildman–Crippen MR) is 107 cm³/mol. The molecule has 0 spiro atoms. The molecule has 0 radical (unpaired) electrons. The van der Waals surface area contributed by atoms with Crippen LogP contribution in [0.25, 0.3) is 10.9 Å². The number of aryl methyl sites for hydroxylation is 3. The summed E-state index contributed by atoms with van der Waals surface area (Å²) in [5.41, 5.74) is 4.30. The van der Waals surface area contributed by atoms with Gasteiger partial charge in [0.1, 0.15) is 17.7 Å². The number of carbonyl (C=O) groups is 1. The normalized spacial score (nSPS) is 12.3. The molecule has 28 heavy (non-hydrogen) atoms. The van der Waals surface area contributed by atoms with Gasteiger partial charge >= 0.3 is 0 Å². The first-order chi connectivity index (χ1) is 13.5. The summed E-state index contributed by atoms with van der Waals surface area (Å²) in [6.45, 7) is 4.03. The van der Waals surface area contributed by atoms with Crippen LogP contribution in [0, 0.1) is 19.7 Å². The van der Waals surface area contributed by atoms with Gasteiger partial charge in [0.25, 0.3) is 5.91 Å². The van der Waals surface area contributed by atoms with E-state index in [2.05, 4.69) is 15.3 Å². The fourth-order valence-electron chi connectivity index (χ4n) is 3.49. The Hall–Kier alpha value is -3.41. The summed E-state index contributed by atoms with van der Waals surface area (Å²) in [4.78, 5) is 20.9. The van der Waals surface area contributed by atoms with Crippen LogP contribution >= 0.6 is 0 Å².